The van der Waals surface area contributed by atoms with E-state index >= 15 is 0 Å². The Morgan fingerprint density at radius 2 is 1.92 bits per heavy atom. The smallest absolute Gasteiger partial charge is 0.315 e. The molecule has 3 rings (SSSR count). The predicted octanol–water partition coefficient (Wildman–Crippen LogP) is 2.82. The highest BCUT2D eigenvalue weighted by Gasteiger charge is 2.42. The quantitative estimate of drug-likeness (QED) is 0.712. The predicted molar refractivity (Wildman–Crippen MR) is 97.8 cm³/mol. The molecule has 3 N–H and O–H groups in total. The first-order valence-corrected chi connectivity index (χ1v) is 9.47. The van der Waals surface area contributed by atoms with Gasteiger partial charge in [0.2, 0.25) is 5.91 Å². The summed E-state index contributed by atoms with van der Waals surface area (Å²) in [5.41, 5.74) is 1.05. The fourth-order valence-corrected chi connectivity index (χ4v) is 4.47. The molecule has 3 amide bonds. The molecule has 0 radical (unpaired) electrons. The van der Waals surface area contributed by atoms with E-state index in [1.807, 2.05) is 30.3 Å². The lowest BCUT2D eigenvalue weighted by Gasteiger charge is -2.28. The molecule has 0 heterocycles. The number of carbonyl (C=O) groups excluding carboxylic acids is 2. The maximum Gasteiger partial charge on any atom is 0.315 e. The topological polar surface area (TPSA) is 70.2 Å². The average molecular weight is 343 g/mol. The molecule has 0 aliphatic heterocycles. The second kappa shape index (κ2) is 8.37. The van der Waals surface area contributed by atoms with Gasteiger partial charge in [0.05, 0.1) is 0 Å². The van der Waals surface area contributed by atoms with Crippen LogP contribution in [0.3, 0.4) is 0 Å². The summed E-state index contributed by atoms with van der Waals surface area (Å²) in [6.07, 6.45) is 5.66. The van der Waals surface area contributed by atoms with Gasteiger partial charge in [0.1, 0.15) is 0 Å². The number of nitrogens with one attached hydrogen (secondary N) is 3. The van der Waals surface area contributed by atoms with Crippen molar-refractivity contribution in [1.82, 2.24) is 16.0 Å². The number of urea groups is 1. The van der Waals surface area contributed by atoms with Crippen molar-refractivity contribution in [3.63, 3.8) is 0 Å². The third kappa shape index (κ3) is 4.97. The standard InChI is InChI=1S/C20H29N3O2/c1-14(18-12-16-7-8-17(18)11-16)23-19(24)9-10-21-20(25)22-13-15-5-3-2-4-6-15/h2-6,14,16-18H,7-13H2,1H3,(H,23,24)(H2,21,22,25)/t14-,16-,17-,18+/m0/s1. The van der Waals surface area contributed by atoms with Gasteiger partial charge < -0.3 is 16.0 Å². The highest BCUT2D eigenvalue weighted by atomic mass is 16.2. The Bertz CT molecular complexity index is 590. The summed E-state index contributed by atoms with van der Waals surface area (Å²) in [6.45, 7) is 2.97. The number of carbonyl (C=O) groups is 2. The van der Waals surface area contributed by atoms with Crippen LogP contribution in [0.15, 0.2) is 30.3 Å². The van der Waals surface area contributed by atoms with E-state index in [4.69, 9.17) is 0 Å². The van der Waals surface area contributed by atoms with Crippen LogP contribution >= 0.6 is 0 Å². The average Bonchev–Trinajstić information content (AvgIpc) is 3.24. The number of rotatable bonds is 7. The van der Waals surface area contributed by atoms with Crippen molar-refractivity contribution in [3.8, 4) is 0 Å². The lowest BCUT2D eigenvalue weighted by atomic mass is 9.84. The van der Waals surface area contributed by atoms with Crippen molar-refractivity contribution < 1.29 is 9.59 Å². The number of amides is 3. The van der Waals surface area contributed by atoms with Crippen LogP contribution in [0.2, 0.25) is 0 Å². The molecule has 25 heavy (non-hydrogen) atoms. The van der Waals surface area contributed by atoms with Crippen molar-refractivity contribution in [2.24, 2.45) is 17.8 Å². The molecule has 2 bridgehead atoms. The Labute approximate surface area is 150 Å². The number of benzene rings is 1. The van der Waals surface area contributed by atoms with Gasteiger partial charge in [-0.25, -0.2) is 4.79 Å². The Balaban J connectivity index is 1.29. The summed E-state index contributed by atoms with van der Waals surface area (Å²) in [6, 6.07) is 9.76. The van der Waals surface area contributed by atoms with Gasteiger partial charge in [0.15, 0.2) is 0 Å². The van der Waals surface area contributed by atoms with Crippen LogP contribution in [0.4, 0.5) is 4.79 Å². The van der Waals surface area contributed by atoms with Crippen molar-refractivity contribution in [1.29, 1.82) is 0 Å². The van der Waals surface area contributed by atoms with Gasteiger partial charge >= 0.3 is 6.03 Å². The molecule has 136 valence electrons. The van der Waals surface area contributed by atoms with E-state index in [9.17, 15) is 9.59 Å². The van der Waals surface area contributed by atoms with Gasteiger partial charge in [-0.05, 0) is 49.5 Å². The molecule has 5 nitrogen and oxygen atoms in total. The molecule has 2 aliphatic carbocycles. The third-order valence-electron chi connectivity index (χ3n) is 5.76. The Morgan fingerprint density at radius 3 is 2.60 bits per heavy atom. The van der Waals surface area contributed by atoms with Crippen LogP contribution in [-0.4, -0.2) is 24.5 Å². The molecule has 2 saturated carbocycles. The van der Waals surface area contributed by atoms with E-state index in [2.05, 4.69) is 22.9 Å². The van der Waals surface area contributed by atoms with Crippen molar-refractivity contribution in [2.45, 2.75) is 51.6 Å². The molecular weight excluding hydrogens is 314 g/mol. The van der Waals surface area contributed by atoms with Crippen LogP contribution < -0.4 is 16.0 Å². The zero-order valence-electron chi connectivity index (χ0n) is 15.0. The number of fused-ring (bicyclic) bond motifs is 2. The van der Waals surface area contributed by atoms with Crippen LogP contribution in [0, 0.1) is 17.8 Å². The maximum atomic E-state index is 12.1. The number of hydrogen-bond donors (Lipinski definition) is 3. The first-order valence-electron chi connectivity index (χ1n) is 9.47. The molecule has 0 aromatic heterocycles. The van der Waals surface area contributed by atoms with Gasteiger partial charge in [0, 0.05) is 25.6 Å². The van der Waals surface area contributed by atoms with Gasteiger partial charge in [-0.2, -0.15) is 0 Å². The highest BCUT2D eigenvalue weighted by molar-refractivity contribution is 5.78. The molecule has 5 heteroatoms. The lowest BCUT2D eigenvalue weighted by molar-refractivity contribution is -0.122. The number of hydrogen-bond acceptors (Lipinski definition) is 2. The van der Waals surface area contributed by atoms with E-state index in [1.54, 1.807) is 0 Å². The molecule has 2 aliphatic rings. The maximum absolute atomic E-state index is 12.1. The second-order valence-corrected chi connectivity index (χ2v) is 7.54. The van der Waals surface area contributed by atoms with Gasteiger partial charge in [-0.3, -0.25) is 4.79 Å². The minimum atomic E-state index is -0.238. The Hall–Kier alpha value is -2.04. The first kappa shape index (κ1) is 17.8. The second-order valence-electron chi connectivity index (χ2n) is 7.54. The summed E-state index contributed by atoms with van der Waals surface area (Å²) in [7, 11) is 0. The SMILES string of the molecule is C[C@H](NC(=O)CCNC(=O)NCc1ccccc1)[C@H]1C[C@H]2CC[C@H]1C2. The fourth-order valence-electron chi connectivity index (χ4n) is 4.47. The normalized spacial score (nSPS) is 25.4. The third-order valence-corrected chi connectivity index (χ3v) is 5.76. The molecular formula is C20H29N3O2. The lowest BCUT2D eigenvalue weighted by Crippen LogP contribution is -2.42. The Morgan fingerprint density at radius 1 is 1.12 bits per heavy atom. The molecule has 0 unspecified atom stereocenters. The Kier molecular flexibility index (Phi) is 5.95. The van der Waals surface area contributed by atoms with E-state index in [-0.39, 0.29) is 18.0 Å². The summed E-state index contributed by atoms with van der Waals surface area (Å²) in [5, 5.41) is 8.67. The zero-order valence-corrected chi connectivity index (χ0v) is 15.0. The van der Waals surface area contributed by atoms with E-state index in [0.717, 1.165) is 17.4 Å². The zero-order chi connectivity index (χ0) is 17.6. The largest absolute Gasteiger partial charge is 0.353 e. The summed E-state index contributed by atoms with van der Waals surface area (Å²) in [4.78, 5) is 23.9. The van der Waals surface area contributed by atoms with Gasteiger partial charge in [-0.1, -0.05) is 36.8 Å². The van der Waals surface area contributed by atoms with Crippen LogP contribution in [0.25, 0.3) is 0 Å². The molecule has 1 aromatic carbocycles. The van der Waals surface area contributed by atoms with E-state index < -0.39 is 0 Å². The van der Waals surface area contributed by atoms with Crippen LogP contribution in [-0.2, 0) is 11.3 Å². The van der Waals surface area contributed by atoms with Crippen molar-refractivity contribution >= 4 is 11.9 Å². The highest BCUT2D eigenvalue weighted by Crippen LogP contribution is 2.49. The van der Waals surface area contributed by atoms with Crippen molar-refractivity contribution in [2.75, 3.05) is 6.54 Å². The molecule has 2 fully saturated rings. The van der Waals surface area contributed by atoms with E-state index in [0.29, 0.717) is 25.4 Å². The summed E-state index contributed by atoms with van der Waals surface area (Å²) >= 11 is 0. The van der Waals surface area contributed by atoms with E-state index in [1.165, 1.54) is 25.7 Å². The summed E-state index contributed by atoms with van der Waals surface area (Å²) < 4.78 is 0. The van der Waals surface area contributed by atoms with Crippen molar-refractivity contribution in [3.05, 3.63) is 35.9 Å². The molecule has 1 aromatic rings. The van der Waals surface area contributed by atoms with Crippen LogP contribution in [0.1, 0.15) is 44.6 Å². The minimum absolute atomic E-state index is 0.0265. The monoisotopic (exact) mass is 343 g/mol. The molecule has 0 saturated heterocycles. The molecule has 4 atom stereocenters. The molecule has 0 spiro atoms. The van der Waals surface area contributed by atoms with Gasteiger partial charge in [0.25, 0.3) is 0 Å². The minimum Gasteiger partial charge on any atom is -0.353 e. The van der Waals surface area contributed by atoms with Gasteiger partial charge in [-0.15, -0.1) is 0 Å². The fraction of sp³-hybridized carbons (Fsp3) is 0.600. The summed E-state index contributed by atoms with van der Waals surface area (Å²) in [5.74, 6) is 2.37. The van der Waals surface area contributed by atoms with Crippen LogP contribution in [0.5, 0.6) is 0 Å². The first-order chi connectivity index (χ1) is 12.1.